The van der Waals surface area contributed by atoms with Gasteiger partial charge < -0.3 is 20.7 Å². The predicted octanol–water partition coefficient (Wildman–Crippen LogP) is -1.35. The highest BCUT2D eigenvalue weighted by Gasteiger charge is 2.08. The average Bonchev–Trinajstić information content (AvgIpc) is 2.92. The zero-order chi connectivity index (χ0) is 15.4. The number of aromatic nitrogens is 6. The minimum absolute atomic E-state index is 0.192. The second-order valence-corrected chi connectivity index (χ2v) is 3.60. The molecule has 0 unspecified atom stereocenters. The van der Waals surface area contributed by atoms with Gasteiger partial charge in [-0.3, -0.25) is 14.4 Å². The molecule has 0 fully saturated rings. The van der Waals surface area contributed by atoms with Crippen molar-refractivity contribution >= 4 is 17.1 Å². The molecule has 1 amide bonds. The molecule has 0 saturated carbocycles. The SMILES string of the molecule is NC(=O)c1nc(F)c[nH]c1=O.O=c1[nH]cnc2nc[nH]c12. The van der Waals surface area contributed by atoms with E-state index in [0.717, 1.165) is 6.20 Å². The number of rotatable bonds is 1. The van der Waals surface area contributed by atoms with Crippen LogP contribution in [-0.2, 0) is 0 Å². The number of nitrogens with one attached hydrogen (secondary N) is 3. The van der Waals surface area contributed by atoms with E-state index in [9.17, 15) is 18.8 Å². The summed E-state index contributed by atoms with van der Waals surface area (Å²) in [5.41, 5.74) is 3.96. The molecule has 0 aliphatic rings. The highest BCUT2D eigenvalue weighted by Crippen LogP contribution is 1.94. The lowest BCUT2D eigenvalue weighted by Crippen LogP contribution is -2.25. The molecule has 0 aromatic carbocycles. The lowest BCUT2D eigenvalue weighted by molar-refractivity contribution is 0.0992. The quantitative estimate of drug-likeness (QED) is 0.433. The van der Waals surface area contributed by atoms with Crippen molar-refractivity contribution in [1.82, 2.24) is 29.9 Å². The summed E-state index contributed by atoms with van der Waals surface area (Å²) in [5, 5.41) is 0. The maximum Gasteiger partial charge on any atom is 0.279 e. The van der Waals surface area contributed by atoms with Gasteiger partial charge in [-0.15, -0.1) is 0 Å². The van der Waals surface area contributed by atoms with E-state index in [2.05, 4.69) is 24.9 Å². The van der Waals surface area contributed by atoms with Crippen molar-refractivity contribution in [3.63, 3.8) is 0 Å². The molecule has 108 valence electrons. The van der Waals surface area contributed by atoms with Gasteiger partial charge in [0.1, 0.15) is 0 Å². The summed E-state index contributed by atoms with van der Waals surface area (Å²) in [6, 6.07) is 0. The zero-order valence-corrected chi connectivity index (χ0v) is 10.3. The number of primary amides is 1. The van der Waals surface area contributed by atoms with Gasteiger partial charge in [0, 0.05) is 0 Å². The molecule has 0 spiro atoms. The second kappa shape index (κ2) is 5.73. The topological polar surface area (TPSA) is 163 Å². The van der Waals surface area contributed by atoms with Gasteiger partial charge in [-0.25, -0.2) is 15.0 Å². The molecule has 0 saturated heterocycles. The summed E-state index contributed by atoms with van der Waals surface area (Å²) in [4.78, 5) is 49.5. The number of imidazole rings is 1. The Morgan fingerprint density at radius 3 is 2.33 bits per heavy atom. The van der Waals surface area contributed by atoms with Crippen molar-refractivity contribution in [1.29, 1.82) is 0 Å². The summed E-state index contributed by atoms with van der Waals surface area (Å²) in [6.45, 7) is 0. The molecule has 5 N–H and O–H groups in total. The van der Waals surface area contributed by atoms with Gasteiger partial charge in [-0.05, 0) is 0 Å². The highest BCUT2D eigenvalue weighted by molar-refractivity contribution is 5.90. The van der Waals surface area contributed by atoms with Crippen LogP contribution in [0.15, 0.2) is 28.4 Å². The number of nitrogens with two attached hydrogens (primary N) is 1. The van der Waals surface area contributed by atoms with Crippen LogP contribution in [0.3, 0.4) is 0 Å². The number of carbonyl (C=O) groups is 1. The first-order valence-electron chi connectivity index (χ1n) is 5.41. The molecule has 3 heterocycles. The molecule has 0 bridgehead atoms. The van der Waals surface area contributed by atoms with E-state index in [1.807, 2.05) is 4.98 Å². The molecule has 10 nitrogen and oxygen atoms in total. The Morgan fingerprint density at radius 1 is 1.10 bits per heavy atom. The van der Waals surface area contributed by atoms with E-state index in [4.69, 9.17) is 5.73 Å². The second-order valence-electron chi connectivity index (χ2n) is 3.60. The Hall–Kier alpha value is -3.37. The number of hydrogen-bond donors (Lipinski definition) is 4. The van der Waals surface area contributed by atoms with Crippen LogP contribution in [0.2, 0.25) is 0 Å². The first-order chi connectivity index (χ1) is 9.99. The van der Waals surface area contributed by atoms with E-state index in [0.29, 0.717) is 11.2 Å². The lowest BCUT2D eigenvalue weighted by atomic mass is 10.4. The summed E-state index contributed by atoms with van der Waals surface area (Å²) in [5.74, 6) is -2.00. The molecule has 11 heteroatoms. The summed E-state index contributed by atoms with van der Waals surface area (Å²) >= 11 is 0. The number of H-pyrrole nitrogens is 3. The number of aromatic amines is 3. The fourth-order valence-electron chi connectivity index (χ4n) is 1.33. The van der Waals surface area contributed by atoms with E-state index in [1.165, 1.54) is 12.7 Å². The minimum Gasteiger partial charge on any atom is -0.364 e. The summed E-state index contributed by atoms with van der Waals surface area (Å²) < 4.78 is 12.2. The molecule has 3 rings (SSSR count). The lowest BCUT2D eigenvalue weighted by Gasteiger charge is -1.91. The van der Waals surface area contributed by atoms with Crippen molar-refractivity contribution < 1.29 is 9.18 Å². The van der Waals surface area contributed by atoms with E-state index >= 15 is 0 Å². The Kier molecular flexibility index (Phi) is 3.83. The van der Waals surface area contributed by atoms with Crippen LogP contribution in [-0.4, -0.2) is 35.8 Å². The van der Waals surface area contributed by atoms with Gasteiger partial charge in [-0.1, -0.05) is 0 Å². The molecule has 0 atom stereocenters. The van der Waals surface area contributed by atoms with Gasteiger partial charge in [0.15, 0.2) is 16.9 Å². The van der Waals surface area contributed by atoms with Crippen LogP contribution in [0.5, 0.6) is 0 Å². The third-order valence-electron chi connectivity index (χ3n) is 2.22. The van der Waals surface area contributed by atoms with Crippen molar-refractivity contribution in [3.05, 3.63) is 51.2 Å². The predicted molar refractivity (Wildman–Crippen MR) is 67.8 cm³/mol. The molecule has 3 aromatic heterocycles. The number of amides is 1. The van der Waals surface area contributed by atoms with E-state index in [-0.39, 0.29) is 5.56 Å². The molecular formula is C10H8FN7O3. The van der Waals surface area contributed by atoms with Crippen LogP contribution < -0.4 is 16.9 Å². The first kappa shape index (κ1) is 14.0. The van der Waals surface area contributed by atoms with Crippen LogP contribution >= 0.6 is 0 Å². The Morgan fingerprint density at radius 2 is 1.76 bits per heavy atom. The number of nitrogens with zero attached hydrogens (tertiary/aromatic N) is 3. The molecule has 21 heavy (non-hydrogen) atoms. The van der Waals surface area contributed by atoms with Crippen molar-refractivity contribution in [2.24, 2.45) is 5.73 Å². The monoisotopic (exact) mass is 293 g/mol. The smallest absolute Gasteiger partial charge is 0.279 e. The van der Waals surface area contributed by atoms with Gasteiger partial charge in [-0.2, -0.15) is 4.39 Å². The standard InChI is InChI=1S/C5H4FN3O2.C5H4N4O/c6-2-1-8-5(11)3(9-2)4(7)10;10-5-3-4(7-1-6-3)8-2-9-5/h1H,(H2,7,10)(H,8,11);1-2H,(H2,6,7,8,9,10). The molecule has 0 radical (unpaired) electrons. The van der Waals surface area contributed by atoms with Crippen LogP contribution in [0.25, 0.3) is 11.2 Å². The van der Waals surface area contributed by atoms with Gasteiger partial charge in [0.2, 0.25) is 5.95 Å². The summed E-state index contributed by atoms with van der Waals surface area (Å²) in [7, 11) is 0. The van der Waals surface area contributed by atoms with Crippen LogP contribution in [0.4, 0.5) is 4.39 Å². The van der Waals surface area contributed by atoms with Gasteiger partial charge in [0.25, 0.3) is 17.0 Å². The zero-order valence-electron chi connectivity index (χ0n) is 10.3. The fraction of sp³-hybridized carbons (Fsp3) is 0. The van der Waals surface area contributed by atoms with Crippen molar-refractivity contribution in [2.45, 2.75) is 0 Å². The van der Waals surface area contributed by atoms with Crippen LogP contribution in [0.1, 0.15) is 10.5 Å². The summed E-state index contributed by atoms with van der Waals surface area (Å²) in [6.07, 6.45) is 3.51. The van der Waals surface area contributed by atoms with E-state index in [1.54, 1.807) is 0 Å². The largest absolute Gasteiger partial charge is 0.364 e. The average molecular weight is 293 g/mol. The van der Waals surface area contributed by atoms with Crippen molar-refractivity contribution in [3.8, 4) is 0 Å². The fourth-order valence-corrected chi connectivity index (χ4v) is 1.33. The highest BCUT2D eigenvalue weighted by atomic mass is 19.1. The maximum atomic E-state index is 12.2. The Bertz CT molecular complexity index is 897. The van der Waals surface area contributed by atoms with Crippen molar-refractivity contribution in [2.75, 3.05) is 0 Å². The van der Waals surface area contributed by atoms with Crippen LogP contribution in [0, 0.1) is 5.95 Å². The number of fused-ring (bicyclic) bond motifs is 1. The minimum atomic E-state index is -1.05. The molecule has 3 aromatic rings. The third-order valence-corrected chi connectivity index (χ3v) is 2.22. The third kappa shape index (κ3) is 3.15. The van der Waals surface area contributed by atoms with E-state index < -0.39 is 23.1 Å². The Balaban J connectivity index is 0.000000154. The Labute approximate surface area is 114 Å². The number of carbonyl (C=O) groups excluding carboxylic acids is 1. The molecule has 0 aliphatic heterocycles. The number of halogens is 1. The first-order valence-corrected chi connectivity index (χ1v) is 5.41. The van der Waals surface area contributed by atoms with Gasteiger partial charge >= 0.3 is 0 Å². The molecular weight excluding hydrogens is 285 g/mol. The molecule has 0 aliphatic carbocycles. The van der Waals surface area contributed by atoms with Gasteiger partial charge in [0.05, 0.1) is 18.9 Å². The number of hydrogen-bond acceptors (Lipinski definition) is 6. The normalized spacial score (nSPS) is 9.95. The maximum absolute atomic E-state index is 12.2.